The molecule has 2 N–H and O–H groups in total. The van der Waals surface area contributed by atoms with Crippen LogP contribution in [0.25, 0.3) is 0 Å². The topological polar surface area (TPSA) is 96.7 Å². The summed E-state index contributed by atoms with van der Waals surface area (Å²) >= 11 is 0. The zero-order valence-corrected chi connectivity index (χ0v) is 13.1. The number of aliphatic hydroxyl groups is 1. The lowest BCUT2D eigenvalue weighted by molar-refractivity contribution is -0.0982. The van der Waals surface area contributed by atoms with Crippen LogP contribution >= 0.6 is 0 Å². The number of nitrogens with zero attached hydrogens (tertiary/aromatic N) is 1. The van der Waals surface area contributed by atoms with Crippen LogP contribution in [0.3, 0.4) is 0 Å². The number of hydrogen-bond donors (Lipinski definition) is 2. The number of hydrogen-bond acceptors (Lipinski definition) is 6. The Hall–Kier alpha value is -0.955. The van der Waals surface area contributed by atoms with Gasteiger partial charge in [0.05, 0.1) is 11.2 Å². The number of rotatable bonds is 5. The minimum absolute atomic E-state index is 0.0739. The molecule has 8 heteroatoms. The minimum Gasteiger partial charge on any atom is -0.423 e. The lowest BCUT2D eigenvalue weighted by atomic mass is 9.77. The third-order valence-electron chi connectivity index (χ3n) is 3.30. The van der Waals surface area contributed by atoms with Crippen molar-refractivity contribution in [1.82, 2.24) is 4.98 Å². The maximum atomic E-state index is 11.3. The standard InChI is InChI=1S/C12H20BNO5S/c1-11(2,15)12(3,4)19-13(16)9-6-7-10(14-8-9)20(5,17)18/h6-8,15-16H,1-5H3. The predicted octanol–water partition coefficient (Wildman–Crippen LogP) is -0.261. The highest BCUT2D eigenvalue weighted by Gasteiger charge is 2.39. The molecule has 6 nitrogen and oxygen atoms in total. The fraction of sp³-hybridized carbons (Fsp3) is 0.583. The number of aromatic nitrogens is 1. The van der Waals surface area contributed by atoms with E-state index in [4.69, 9.17) is 4.65 Å². The van der Waals surface area contributed by atoms with E-state index in [0.29, 0.717) is 5.46 Å². The van der Waals surface area contributed by atoms with E-state index in [1.54, 1.807) is 27.7 Å². The van der Waals surface area contributed by atoms with Crippen LogP contribution < -0.4 is 5.46 Å². The molecular formula is C12H20BNO5S. The fourth-order valence-corrected chi connectivity index (χ4v) is 1.81. The van der Waals surface area contributed by atoms with Gasteiger partial charge in [0, 0.05) is 17.9 Å². The van der Waals surface area contributed by atoms with E-state index in [-0.39, 0.29) is 5.03 Å². The molecule has 0 fully saturated rings. The zero-order valence-electron chi connectivity index (χ0n) is 12.3. The van der Waals surface area contributed by atoms with Crippen molar-refractivity contribution in [2.75, 3.05) is 6.26 Å². The van der Waals surface area contributed by atoms with Gasteiger partial charge in [-0.2, -0.15) is 0 Å². The Morgan fingerprint density at radius 1 is 1.25 bits per heavy atom. The lowest BCUT2D eigenvalue weighted by Gasteiger charge is -2.38. The Labute approximate surface area is 119 Å². The van der Waals surface area contributed by atoms with Gasteiger partial charge in [0.2, 0.25) is 0 Å². The Bertz CT molecular complexity index is 563. The van der Waals surface area contributed by atoms with Gasteiger partial charge in [-0.25, -0.2) is 13.4 Å². The number of sulfone groups is 1. The molecule has 1 aromatic heterocycles. The van der Waals surface area contributed by atoms with Gasteiger partial charge in [0.25, 0.3) is 0 Å². The maximum absolute atomic E-state index is 11.3. The smallest absolute Gasteiger partial charge is 0.423 e. The second-order valence-corrected chi connectivity index (χ2v) is 7.70. The Morgan fingerprint density at radius 3 is 2.15 bits per heavy atom. The van der Waals surface area contributed by atoms with Crippen LogP contribution in [-0.4, -0.2) is 48.1 Å². The van der Waals surface area contributed by atoms with E-state index in [1.807, 2.05) is 0 Å². The molecule has 1 aromatic rings. The summed E-state index contributed by atoms with van der Waals surface area (Å²) in [5.74, 6) is 0. The van der Waals surface area contributed by atoms with Crippen LogP contribution in [0, 0.1) is 0 Å². The van der Waals surface area contributed by atoms with Gasteiger partial charge in [0.15, 0.2) is 14.9 Å². The molecule has 0 saturated carbocycles. The van der Waals surface area contributed by atoms with Crippen molar-refractivity contribution in [1.29, 1.82) is 0 Å². The quantitative estimate of drug-likeness (QED) is 0.727. The fourth-order valence-electron chi connectivity index (χ4n) is 1.25. The van der Waals surface area contributed by atoms with Gasteiger partial charge in [-0.05, 0) is 33.8 Å². The van der Waals surface area contributed by atoms with E-state index >= 15 is 0 Å². The molecule has 0 atom stereocenters. The summed E-state index contributed by atoms with van der Waals surface area (Å²) in [6.07, 6.45) is 2.29. The van der Waals surface area contributed by atoms with Gasteiger partial charge >= 0.3 is 7.12 Å². The van der Waals surface area contributed by atoms with E-state index in [2.05, 4.69) is 4.98 Å². The minimum atomic E-state index is -3.38. The Morgan fingerprint density at radius 2 is 1.80 bits per heavy atom. The highest BCUT2D eigenvalue weighted by Crippen LogP contribution is 2.25. The summed E-state index contributed by atoms with van der Waals surface area (Å²) in [5.41, 5.74) is -1.84. The number of pyridine rings is 1. The summed E-state index contributed by atoms with van der Waals surface area (Å²) in [4.78, 5) is 3.77. The van der Waals surface area contributed by atoms with Crippen LogP contribution in [0.5, 0.6) is 0 Å². The van der Waals surface area contributed by atoms with E-state index < -0.39 is 28.2 Å². The molecule has 20 heavy (non-hydrogen) atoms. The molecule has 0 unspecified atom stereocenters. The monoisotopic (exact) mass is 301 g/mol. The maximum Gasteiger partial charge on any atom is 0.493 e. The van der Waals surface area contributed by atoms with Crippen molar-refractivity contribution in [3.63, 3.8) is 0 Å². The van der Waals surface area contributed by atoms with Gasteiger partial charge in [-0.1, -0.05) is 6.07 Å². The highest BCUT2D eigenvalue weighted by molar-refractivity contribution is 7.90. The highest BCUT2D eigenvalue weighted by atomic mass is 32.2. The van der Waals surface area contributed by atoms with Crippen LogP contribution in [0.2, 0.25) is 0 Å². The van der Waals surface area contributed by atoms with Gasteiger partial charge in [0.1, 0.15) is 0 Å². The lowest BCUT2D eigenvalue weighted by Crippen LogP contribution is -2.53. The van der Waals surface area contributed by atoms with Crippen molar-refractivity contribution >= 4 is 22.4 Å². The predicted molar refractivity (Wildman–Crippen MR) is 76.4 cm³/mol. The largest absolute Gasteiger partial charge is 0.493 e. The molecule has 1 rings (SSSR count). The molecule has 0 saturated heterocycles. The van der Waals surface area contributed by atoms with E-state index in [9.17, 15) is 18.5 Å². The van der Waals surface area contributed by atoms with Gasteiger partial charge in [-0.15, -0.1) is 0 Å². The van der Waals surface area contributed by atoms with Crippen LogP contribution in [0.1, 0.15) is 27.7 Å². The Kier molecular flexibility index (Phi) is 4.65. The zero-order chi connectivity index (χ0) is 15.8. The van der Waals surface area contributed by atoms with Crippen LogP contribution in [0.15, 0.2) is 23.4 Å². The van der Waals surface area contributed by atoms with Crippen LogP contribution in [-0.2, 0) is 14.5 Å². The molecular weight excluding hydrogens is 281 g/mol. The molecule has 0 spiro atoms. The summed E-state index contributed by atoms with van der Waals surface area (Å²) in [5, 5.41) is 19.9. The first-order chi connectivity index (χ1) is 8.84. The third-order valence-corrected chi connectivity index (χ3v) is 4.31. The van der Waals surface area contributed by atoms with E-state index in [1.165, 1.54) is 18.3 Å². The second-order valence-electron chi connectivity index (χ2n) is 5.74. The molecule has 0 aliphatic heterocycles. The molecule has 0 radical (unpaired) electrons. The molecule has 0 amide bonds. The average molecular weight is 301 g/mol. The third kappa shape index (κ3) is 4.02. The summed E-state index contributed by atoms with van der Waals surface area (Å²) in [7, 11) is -4.69. The normalized spacial score (nSPS) is 13.3. The van der Waals surface area contributed by atoms with Crippen molar-refractivity contribution in [3.05, 3.63) is 18.3 Å². The Balaban J connectivity index is 2.92. The van der Waals surface area contributed by atoms with Crippen molar-refractivity contribution in [2.24, 2.45) is 0 Å². The van der Waals surface area contributed by atoms with Crippen molar-refractivity contribution in [2.45, 2.75) is 43.9 Å². The molecule has 0 aliphatic rings. The van der Waals surface area contributed by atoms with Crippen molar-refractivity contribution in [3.8, 4) is 0 Å². The summed E-state index contributed by atoms with van der Waals surface area (Å²) < 4.78 is 28.0. The first-order valence-corrected chi connectivity index (χ1v) is 7.98. The SMILES string of the molecule is CC(C)(O)C(C)(C)OB(O)c1ccc(S(C)(=O)=O)nc1. The molecule has 1 heterocycles. The first kappa shape index (κ1) is 17.1. The van der Waals surface area contributed by atoms with Crippen molar-refractivity contribution < 1.29 is 23.2 Å². The van der Waals surface area contributed by atoms with Gasteiger partial charge < -0.3 is 14.8 Å². The molecule has 112 valence electrons. The first-order valence-electron chi connectivity index (χ1n) is 6.09. The average Bonchev–Trinajstić information content (AvgIpc) is 2.26. The summed E-state index contributed by atoms with van der Waals surface area (Å²) in [6.45, 7) is 6.44. The molecule has 0 bridgehead atoms. The van der Waals surface area contributed by atoms with Crippen LogP contribution in [0.4, 0.5) is 0 Å². The molecule has 0 aromatic carbocycles. The van der Waals surface area contributed by atoms with E-state index in [0.717, 1.165) is 6.26 Å². The second kappa shape index (κ2) is 5.44. The summed E-state index contributed by atoms with van der Waals surface area (Å²) in [6, 6.07) is 2.73. The van der Waals surface area contributed by atoms with Gasteiger partial charge in [-0.3, -0.25) is 0 Å². The molecule has 0 aliphatic carbocycles.